The molecule has 16 heavy (non-hydrogen) atoms. The van der Waals surface area contributed by atoms with E-state index in [1.54, 1.807) is 17.5 Å². The largest absolute Gasteiger partial charge is 0.478 e. The van der Waals surface area contributed by atoms with Gasteiger partial charge in [0, 0.05) is 11.0 Å². The Morgan fingerprint density at radius 2 is 2.25 bits per heavy atom. The van der Waals surface area contributed by atoms with Crippen LogP contribution in [0.3, 0.4) is 0 Å². The van der Waals surface area contributed by atoms with Crippen LogP contribution in [0, 0.1) is 0 Å². The zero-order valence-electron chi connectivity index (χ0n) is 8.18. The molecule has 7 heteroatoms. The molecule has 1 rings (SSSR count). The zero-order valence-corrected chi connectivity index (χ0v) is 9.90. The molecular formula is C9H11O5PS. The maximum Gasteiger partial charge on any atom is 0.332 e. The van der Waals surface area contributed by atoms with Gasteiger partial charge in [0.15, 0.2) is 0 Å². The molecule has 0 radical (unpaired) electrons. The second kappa shape index (κ2) is 5.41. The molecule has 1 aromatic heterocycles. The third-order valence-electron chi connectivity index (χ3n) is 1.88. The number of thiophene rings is 1. The van der Waals surface area contributed by atoms with Gasteiger partial charge in [0.1, 0.15) is 0 Å². The van der Waals surface area contributed by atoms with Crippen molar-refractivity contribution >= 4 is 24.9 Å². The van der Waals surface area contributed by atoms with Crippen molar-refractivity contribution in [3.05, 3.63) is 34.5 Å². The molecule has 0 saturated heterocycles. The Kier molecular flexibility index (Phi) is 4.44. The van der Waals surface area contributed by atoms with Crippen LogP contribution in [0.2, 0.25) is 0 Å². The SMILES string of the molecule is O=C(O)C=CC(Cc1cccs1)P(=O)(O)O. The molecular weight excluding hydrogens is 251 g/mol. The lowest BCUT2D eigenvalue weighted by Crippen LogP contribution is -2.09. The summed E-state index contributed by atoms with van der Waals surface area (Å²) in [6.45, 7) is 0. The molecule has 0 spiro atoms. The van der Waals surface area contributed by atoms with Gasteiger partial charge in [0.2, 0.25) is 0 Å². The first-order valence-electron chi connectivity index (χ1n) is 4.38. The first-order chi connectivity index (χ1) is 7.39. The van der Waals surface area contributed by atoms with E-state index in [0.717, 1.165) is 17.0 Å². The smallest absolute Gasteiger partial charge is 0.332 e. The number of aliphatic carboxylic acids is 1. The number of allylic oxidation sites excluding steroid dienone is 1. The Morgan fingerprint density at radius 3 is 2.69 bits per heavy atom. The van der Waals surface area contributed by atoms with Crippen molar-refractivity contribution < 1.29 is 24.3 Å². The van der Waals surface area contributed by atoms with Crippen molar-refractivity contribution in [1.82, 2.24) is 0 Å². The highest BCUT2D eigenvalue weighted by molar-refractivity contribution is 7.52. The molecule has 0 amide bonds. The first-order valence-corrected chi connectivity index (χ1v) is 6.94. The fourth-order valence-electron chi connectivity index (χ4n) is 1.13. The van der Waals surface area contributed by atoms with Crippen LogP contribution in [-0.2, 0) is 15.8 Å². The molecule has 3 N–H and O–H groups in total. The minimum atomic E-state index is -4.32. The maximum atomic E-state index is 11.1. The third kappa shape index (κ3) is 4.28. The molecule has 5 nitrogen and oxygen atoms in total. The van der Waals surface area contributed by atoms with Crippen LogP contribution in [0.15, 0.2) is 29.7 Å². The summed E-state index contributed by atoms with van der Waals surface area (Å²) >= 11 is 1.38. The molecule has 1 atom stereocenters. The lowest BCUT2D eigenvalue weighted by Gasteiger charge is -2.13. The number of carboxylic acid groups (broad SMARTS) is 1. The van der Waals surface area contributed by atoms with E-state index in [2.05, 4.69) is 0 Å². The van der Waals surface area contributed by atoms with Crippen molar-refractivity contribution in [3.63, 3.8) is 0 Å². The van der Waals surface area contributed by atoms with Gasteiger partial charge in [-0.15, -0.1) is 11.3 Å². The lowest BCUT2D eigenvalue weighted by molar-refractivity contribution is -0.131. The van der Waals surface area contributed by atoms with Crippen LogP contribution in [0.4, 0.5) is 0 Å². The van der Waals surface area contributed by atoms with E-state index in [1.807, 2.05) is 0 Å². The highest BCUT2D eigenvalue weighted by Crippen LogP contribution is 2.43. The van der Waals surface area contributed by atoms with Crippen LogP contribution < -0.4 is 0 Å². The fraction of sp³-hybridized carbons (Fsp3) is 0.222. The highest BCUT2D eigenvalue weighted by Gasteiger charge is 2.26. The number of carboxylic acids is 1. The van der Waals surface area contributed by atoms with E-state index in [1.165, 1.54) is 11.3 Å². The summed E-state index contributed by atoms with van der Waals surface area (Å²) in [6.07, 6.45) is 1.95. The molecule has 0 bridgehead atoms. The fourth-order valence-corrected chi connectivity index (χ4v) is 2.76. The maximum absolute atomic E-state index is 11.1. The van der Waals surface area contributed by atoms with Crippen LogP contribution in [0.5, 0.6) is 0 Å². The minimum absolute atomic E-state index is 0.145. The van der Waals surface area contributed by atoms with Crippen molar-refractivity contribution in [1.29, 1.82) is 0 Å². The van der Waals surface area contributed by atoms with Gasteiger partial charge in [-0.3, -0.25) is 4.57 Å². The monoisotopic (exact) mass is 262 g/mol. The predicted molar refractivity (Wildman–Crippen MR) is 60.6 cm³/mol. The van der Waals surface area contributed by atoms with Crippen molar-refractivity contribution in [2.45, 2.75) is 12.1 Å². The van der Waals surface area contributed by atoms with Gasteiger partial charge in [0.25, 0.3) is 0 Å². The van der Waals surface area contributed by atoms with Crippen LogP contribution in [0.25, 0.3) is 0 Å². The summed E-state index contributed by atoms with van der Waals surface area (Å²) in [5, 5.41) is 10.2. The van der Waals surface area contributed by atoms with Gasteiger partial charge in [-0.25, -0.2) is 4.79 Å². The molecule has 88 valence electrons. The average Bonchev–Trinajstić information content (AvgIpc) is 2.62. The second-order valence-electron chi connectivity index (χ2n) is 3.14. The summed E-state index contributed by atoms with van der Waals surface area (Å²) in [4.78, 5) is 29.2. The zero-order chi connectivity index (χ0) is 12.2. The van der Waals surface area contributed by atoms with Crippen LogP contribution in [0.1, 0.15) is 4.88 Å². The van der Waals surface area contributed by atoms with Gasteiger partial charge in [-0.2, -0.15) is 0 Å². The summed E-state index contributed by atoms with van der Waals surface area (Å²) in [7, 11) is -4.32. The number of hydrogen-bond acceptors (Lipinski definition) is 3. The van der Waals surface area contributed by atoms with E-state index in [4.69, 9.17) is 14.9 Å². The van der Waals surface area contributed by atoms with Gasteiger partial charge >= 0.3 is 13.6 Å². The van der Waals surface area contributed by atoms with Crippen molar-refractivity contribution in [2.24, 2.45) is 0 Å². The minimum Gasteiger partial charge on any atom is -0.478 e. The van der Waals surface area contributed by atoms with Gasteiger partial charge < -0.3 is 14.9 Å². The predicted octanol–water partition coefficient (Wildman–Crippen LogP) is 1.48. The number of hydrogen-bond donors (Lipinski definition) is 3. The van der Waals surface area contributed by atoms with E-state index in [9.17, 15) is 9.36 Å². The Hall–Kier alpha value is -0.940. The number of rotatable bonds is 5. The molecule has 0 aliphatic rings. The Bertz CT molecular complexity index is 419. The molecule has 0 aliphatic heterocycles. The molecule has 0 fully saturated rings. The second-order valence-corrected chi connectivity index (χ2v) is 6.01. The molecule has 0 aromatic carbocycles. The van der Waals surface area contributed by atoms with Gasteiger partial charge in [-0.05, 0) is 17.9 Å². The van der Waals surface area contributed by atoms with E-state index < -0.39 is 19.2 Å². The molecule has 1 aromatic rings. The van der Waals surface area contributed by atoms with Crippen LogP contribution in [-0.4, -0.2) is 26.5 Å². The van der Waals surface area contributed by atoms with Gasteiger partial charge in [-0.1, -0.05) is 12.1 Å². The number of carbonyl (C=O) groups is 1. The van der Waals surface area contributed by atoms with Gasteiger partial charge in [0.05, 0.1) is 5.66 Å². The highest BCUT2D eigenvalue weighted by atomic mass is 32.1. The third-order valence-corrected chi connectivity index (χ3v) is 4.00. The summed E-state index contributed by atoms with van der Waals surface area (Å²) < 4.78 is 11.1. The van der Waals surface area contributed by atoms with E-state index >= 15 is 0 Å². The lowest BCUT2D eigenvalue weighted by atomic mass is 10.2. The molecule has 1 heterocycles. The Balaban J connectivity index is 2.81. The molecule has 0 saturated carbocycles. The molecule has 0 aliphatic carbocycles. The summed E-state index contributed by atoms with van der Waals surface area (Å²) in [5.41, 5.74) is -1.08. The van der Waals surface area contributed by atoms with E-state index in [-0.39, 0.29) is 6.42 Å². The standard InChI is InChI=1S/C9H11O5PS/c10-9(11)4-3-7(15(12,13)14)6-8-2-1-5-16-8/h1-5,7H,6H2,(H,10,11)(H2,12,13,14). The average molecular weight is 262 g/mol. The molecule has 1 unspecified atom stereocenters. The summed E-state index contributed by atoms with van der Waals surface area (Å²) in [5.74, 6) is -1.22. The van der Waals surface area contributed by atoms with Crippen molar-refractivity contribution in [2.75, 3.05) is 0 Å². The Labute approximate surface area is 96.2 Å². The topological polar surface area (TPSA) is 94.8 Å². The quantitative estimate of drug-likeness (QED) is 0.552. The Morgan fingerprint density at radius 1 is 1.56 bits per heavy atom. The van der Waals surface area contributed by atoms with E-state index in [0.29, 0.717) is 0 Å². The first kappa shape index (κ1) is 13.1. The normalized spacial score (nSPS) is 14.1. The van der Waals surface area contributed by atoms with Crippen molar-refractivity contribution in [3.8, 4) is 0 Å². The van der Waals surface area contributed by atoms with Crippen LogP contribution >= 0.6 is 18.9 Å². The summed E-state index contributed by atoms with van der Waals surface area (Å²) in [6, 6.07) is 3.53.